The lowest BCUT2D eigenvalue weighted by Crippen LogP contribution is -2.40. The highest BCUT2D eigenvalue weighted by Crippen LogP contribution is 2.27. The van der Waals surface area contributed by atoms with Crippen molar-refractivity contribution < 1.29 is 18.8 Å². The van der Waals surface area contributed by atoms with E-state index in [1.54, 1.807) is 50.2 Å². The number of nitrogens with one attached hydrogen (secondary N) is 3. The molecule has 146 valence electrons. The number of benzene rings is 2. The van der Waals surface area contributed by atoms with Crippen molar-refractivity contribution >= 4 is 34.4 Å². The normalized spacial score (nSPS) is 18.4. The first-order chi connectivity index (χ1) is 13.8. The fourth-order valence-electron chi connectivity index (χ4n) is 3.32. The molecule has 2 aromatic carbocycles. The molecule has 1 fully saturated rings. The fourth-order valence-corrected chi connectivity index (χ4v) is 3.32. The van der Waals surface area contributed by atoms with E-state index in [1.807, 2.05) is 0 Å². The molecule has 3 aromatic rings. The Hall–Kier alpha value is -3.81. The van der Waals surface area contributed by atoms with E-state index in [0.717, 1.165) is 0 Å². The number of imide groups is 1. The first-order valence-electron chi connectivity index (χ1n) is 8.89. The van der Waals surface area contributed by atoms with Crippen LogP contribution in [0.3, 0.4) is 0 Å². The molecule has 3 N–H and O–H groups in total. The highest BCUT2D eigenvalue weighted by molar-refractivity contribution is 6.08. The van der Waals surface area contributed by atoms with Gasteiger partial charge in [-0.15, -0.1) is 0 Å². The minimum Gasteiger partial charge on any atom is -0.322 e. The Bertz CT molecular complexity index is 1190. The molecule has 1 aliphatic heterocycles. The summed E-state index contributed by atoms with van der Waals surface area (Å²) in [5.74, 6) is -1.24. The summed E-state index contributed by atoms with van der Waals surface area (Å²) in [7, 11) is 0. The van der Waals surface area contributed by atoms with Crippen LogP contribution in [0.25, 0.3) is 10.9 Å². The van der Waals surface area contributed by atoms with Crippen molar-refractivity contribution in [3.63, 3.8) is 0 Å². The monoisotopic (exact) mass is 392 g/mol. The number of pyridine rings is 1. The van der Waals surface area contributed by atoms with Crippen molar-refractivity contribution in [1.82, 2.24) is 15.6 Å². The zero-order valence-electron chi connectivity index (χ0n) is 15.7. The van der Waals surface area contributed by atoms with Gasteiger partial charge in [-0.3, -0.25) is 19.9 Å². The molecule has 0 aliphatic carbocycles. The summed E-state index contributed by atoms with van der Waals surface area (Å²) < 4.78 is 13.4. The quantitative estimate of drug-likeness (QED) is 0.597. The van der Waals surface area contributed by atoms with Crippen molar-refractivity contribution in [2.24, 2.45) is 0 Å². The van der Waals surface area contributed by atoms with Crippen LogP contribution >= 0.6 is 0 Å². The predicted octanol–water partition coefficient (Wildman–Crippen LogP) is 2.99. The van der Waals surface area contributed by atoms with Crippen molar-refractivity contribution in [2.75, 3.05) is 5.32 Å². The average molecular weight is 392 g/mol. The van der Waals surface area contributed by atoms with Gasteiger partial charge in [0.1, 0.15) is 11.4 Å². The number of carbonyl (C=O) groups is 3. The second kappa shape index (κ2) is 6.66. The summed E-state index contributed by atoms with van der Waals surface area (Å²) in [5, 5.41) is 8.23. The molecule has 1 aliphatic rings. The van der Waals surface area contributed by atoms with Crippen LogP contribution in [-0.2, 0) is 10.3 Å². The van der Waals surface area contributed by atoms with Crippen LogP contribution in [0.1, 0.15) is 28.5 Å². The number of nitrogens with zero attached hydrogens (tertiary/aromatic N) is 1. The minimum absolute atomic E-state index is 0.354. The van der Waals surface area contributed by atoms with Gasteiger partial charge in [-0.05, 0) is 49.7 Å². The lowest BCUT2D eigenvalue weighted by molar-refractivity contribution is -0.123. The van der Waals surface area contributed by atoms with Gasteiger partial charge in [-0.1, -0.05) is 12.1 Å². The van der Waals surface area contributed by atoms with E-state index in [9.17, 15) is 18.8 Å². The smallest absolute Gasteiger partial charge is 0.322 e. The molecule has 4 rings (SSSR count). The van der Waals surface area contributed by atoms with Gasteiger partial charge in [0.15, 0.2) is 0 Å². The van der Waals surface area contributed by atoms with E-state index in [2.05, 4.69) is 20.9 Å². The molecule has 0 bridgehead atoms. The van der Waals surface area contributed by atoms with Gasteiger partial charge in [-0.2, -0.15) is 0 Å². The number of aromatic nitrogens is 1. The highest BCUT2D eigenvalue weighted by Gasteiger charge is 2.43. The van der Waals surface area contributed by atoms with Crippen molar-refractivity contribution in [1.29, 1.82) is 0 Å². The summed E-state index contributed by atoms with van der Waals surface area (Å²) in [6.45, 7) is 3.26. The molecule has 4 amide bonds. The van der Waals surface area contributed by atoms with E-state index < -0.39 is 23.3 Å². The average Bonchev–Trinajstić information content (AvgIpc) is 2.94. The van der Waals surface area contributed by atoms with Crippen LogP contribution in [-0.4, -0.2) is 22.8 Å². The van der Waals surface area contributed by atoms with E-state index in [4.69, 9.17) is 0 Å². The molecular formula is C21H17FN4O3. The number of hydrogen-bond donors (Lipinski definition) is 3. The Morgan fingerprint density at radius 3 is 2.66 bits per heavy atom. The number of rotatable bonds is 3. The molecule has 0 saturated carbocycles. The molecule has 2 heterocycles. The topological polar surface area (TPSA) is 100 Å². The first kappa shape index (κ1) is 18.5. The summed E-state index contributed by atoms with van der Waals surface area (Å²) in [6, 6.07) is 12.0. The van der Waals surface area contributed by atoms with Gasteiger partial charge in [0.05, 0.1) is 16.8 Å². The molecule has 1 saturated heterocycles. The molecule has 7 nitrogen and oxygen atoms in total. The molecule has 1 atom stereocenters. The molecular weight excluding hydrogens is 375 g/mol. The largest absolute Gasteiger partial charge is 0.322 e. The standard InChI is InChI=1S/C21H17FN4O3/c1-11-16(8-12-6-7-14(22)10-17(12)23-11)18(27)24-15-5-3-4-13(9-15)21(2)19(28)25-20(29)26-21/h3-10H,1-2H3,(H,24,27)(H2,25,26,28,29)/t21-/m0/s1. The lowest BCUT2D eigenvalue weighted by atomic mass is 9.92. The number of amides is 4. The first-order valence-corrected chi connectivity index (χ1v) is 8.89. The predicted molar refractivity (Wildman–Crippen MR) is 105 cm³/mol. The van der Waals surface area contributed by atoms with Gasteiger partial charge < -0.3 is 10.6 Å². The van der Waals surface area contributed by atoms with Crippen LogP contribution in [0, 0.1) is 12.7 Å². The maximum absolute atomic E-state index is 13.4. The maximum Gasteiger partial charge on any atom is 0.322 e. The summed E-state index contributed by atoms with van der Waals surface area (Å²) >= 11 is 0. The fraction of sp³-hybridized carbons (Fsp3) is 0.143. The third kappa shape index (κ3) is 3.29. The number of carbonyl (C=O) groups excluding carboxylic acids is 3. The van der Waals surface area contributed by atoms with Crippen LogP contribution in [0.2, 0.25) is 0 Å². The summed E-state index contributed by atoms with van der Waals surface area (Å²) in [4.78, 5) is 40.8. The molecule has 1 aromatic heterocycles. The SMILES string of the molecule is Cc1nc2cc(F)ccc2cc1C(=O)Nc1cccc([C@]2(C)NC(=O)NC2=O)c1. The number of halogens is 1. The Kier molecular flexibility index (Phi) is 4.26. The van der Waals surface area contributed by atoms with Crippen LogP contribution in [0.15, 0.2) is 48.5 Å². The third-order valence-corrected chi connectivity index (χ3v) is 4.96. The highest BCUT2D eigenvalue weighted by atomic mass is 19.1. The van der Waals surface area contributed by atoms with E-state index in [1.165, 1.54) is 12.1 Å². The molecule has 29 heavy (non-hydrogen) atoms. The second-order valence-electron chi connectivity index (χ2n) is 7.03. The van der Waals surface area contributed by atoms with Gasteiger partial charge >= 0.3 is 6.03 Å². The number of urea groups is 1. The van der Waals surface area contributed by atoms with Gasteiger partial charge in [0.25, 0.3) is 11.8 Å². The zero-order chi connectivity index (χ0) is 20.8. The van der Waals surface area contributed by atoms with Crippen molar-refractivity contribution in [2.45, 2.75) is 19.4 Å². The Morgan fingerprint density at radius 2 is 1.93 bits per heavy atom. The third-order valence-electron chi connectivity index (χ3n) is 4.96. The molecule has 0 radical (unpaired) electrons. The zero-order valence-corrected chi connectivity index (χ0v) is 15.7. The summed E-state index contributed by atoms with van der Waals surface area (Å²) in [6.07, 6.45) is 0. The Balaban J connectivity index is 1.63. The molecule has 0 unspecified atom stereocenters. The van der Waals surface area contributed by atoms with Crippen LogP contribution in [0.4, 0.5) is 14.9 Å². The van der Waals surface area contributed by atoms with E-state index >= 15 is 0 Å². The van der Waals surface area contributed by atoms with Crippen LogP contribution in [0.5, 0.6) is 0 Å². The number of fused-ring (bicyclic) bond motifs is 1. The molecule has 0 spiro atoms. The van der Waals surface area contributed by atoms with Gasteiger partial charge in [-0.25, -0.2) is 9.18 Å². The summed E-state index contributed by atoms with van der Waals surface area (Å²) in [5.41, 5.74) is 1.06. The Morgan fingerprint density at radius 1 is 1.14 bits per heavy atom. The minimum atomic E-state index is -1.22. The van der Waals surface area contributed by atoms with Gasteiger partial charge in [0, 0.05) is 17.1 Å². The van der Waals surface area contributed by atoms with Crippen molar-refractivity contribution in [3.05, 3.63) is 71.2 Å². The second-order valence-corrected chi connectivity index (χ2v) is 7.03. The van der Waals surface area contributed by atoms with E-state index in [0.29, 0.717) is 33.4 Å². The number of aryl methyl sites for hydroxylation is 1. The Labute approximate surface area is 165 Å². The lowest BCUT2D eigenvalue weighted by Gasteiger charge is -2.21. The number of hydrogen-bond acceptors (Lipinski definition) is 4. The van der Waals surface area contributed by atoms with E-state index in [-0.39, 0.29) is 5.91 Å². The maximum atomic E-state index is 13.4. The van der Waals surface area contributed by atoms with Gasteiger partial charge in [0.2, 0.25) is 0 Å². The number of anilines is 1. The van der Waals surface area contributed by atoms with Crippen molar-refractivity contribution in [3.8, 4) is 0 Å². The van der Waals surface area contributed by atoms with Crippen LogP contribution < -0.4 is 16.0 Å². The molecule has 8 heteroatoms.